The molecule has 1 amide bonds. The number of rotatable bonds is 8. The third-order valence-electron chi connectivity index (χ3n) is 5.58. The van der Waals surface area contributed by atoms with Gasteiger partial charge in [0.05, 0.1) is 5.52 Å². The Morgan fingerprint density at radius 1 is 1.36 bits per heavy atom. The molecule has 0 aliphatic carbocycles. The van der Waals surface area contributed by atoms with E-state index >= 15 is 0 Å². The second-order valence-electron chi connectivity index (χ2n) is 7.87. The molecule has 3 rings (SSSR count). The Balaban J connectivity index is 1.99. The summed E-state index contributed by atoms with van der Waals surface area (Å²) in [6.07, 6.45) is 3.86. The fourth-order valence-electron chi connectivity index (χ4n) is 4.27. The zero-order chi connectivity index (χ0) is 20.1. The van der Waals surface area contributed by atoms with Crippen molar-refractivity contribution >= 4 is 16.8 Å². The van der Waals surface area contributed by atoms with Gasteiger partial charge in [-0.3, -0.25) is 4.79 Å². The zero-order valence-electron chi connectivity index (χ0n) is 17.3. The van der Waals surface area contributed by atoms with Crippen LogP contribution in [0.5, 0.6) is 5.75 Å². The summed E-state index contributed by atoms with van der Waals surface area (Å²) in [7, 11) is 1.70. The van der Waals surface area contributed by atoms with Crippen LogP contribution in [0, 0.1) is 0 Å². The fraction of sp³-hybridized carbons (Fsp3) is 0.591. The van der Waals surface area contributed by atoms with Crippen LogP contribution in [0.3, 0.4) is 0 Å². The predicted molar refractivity (Wildman–Crippen MR) is 112 cm³/mol. The summed E-state index contributed by atoms with van der Waals surface area (Å²) in [5.74, 6) is 0.0194. The molecule has 0 radical (unpaired) electrons. The summed E-state index contributed by atoms with van der Waals surface area (Å²) in [4.78, 5) is 15.6. The van der Waals surface area contributed by atoms with E-state index < -0.39 is 0 Å². The first-order valence-corrected chi connectivity index (χ1v) is 10.4. The lowest BCUT2D eigenvalue weighted by molar-refractivity contribution is 0.0559. The number of carbonyl (C=O) groups excluding carboxylic acids is 1. The molecule has 2 aromatic rings. The van der Waals surface area contributed by atoms with Gasteiger partial charge in [-0.2, -0.15) is 0 Å². The summed E-state index contributed by atoms with van der Waals surface area (Å²) < 4.78 is 7.15. The first kappa shape index (κ1) is 20.7. The van der Waals surface area contributed by atoms with Crippen LogP contribution in [0.4, 0.5) is 0 Å². The molecule has 0 spiro atoms. The van der Waals surface area contributed by atoms with E-state index in [0.717, 1.165) is 49.7 Å². The SMILES string of the molecule is COCCCCn1c(C(=O)N(C(C)C)[C@@H]2CCCNC2)c(O)c2ccccc21. The predicted octanol–water partition coefficient (Wildman–Crippen LogP) is 3.38. The van der Waals surface area contributed by atoms with Crippen molar-refractivity contribution < 1.29 is 14.6 Å². The number of hydrogen-bond acceptors (Lipinski definition) is 4. The van der Waals surface area contributed by atoms with Gasteiger partial charge in [-0.25, -0.2) is 0 Å². The summed E-state index contributed by atoms with van der Waals surface area (Å²) >= 11 is 0. The van der Waals surface area contributed by atoms with E-state index in [9.17, 15) is 9.90 Å². The number of ether oxygens (including phenoxy) is 1. The van der Waals surface area contributed by atoms with E-state index in [1.165, 1.54) is 0 Å². The molecule has 1 aliphatic heterocycles. The molecule has 6 heteroatoms. The Morgan fingerprint density at radius 2 is 2.14 bits per heavy atom. The molecule has 1 atom stereocenters. The number of carbonyl (C=O) groups is 1. The van der Waals surface area contributed by atoms with Crippen LogP contribution in [0.2, 0.25) is 0 Å². The van der Waals surface area contributed by atoms with Crippen molar-refractivity contribution in [2.24, 2.45) is 0 Å². The first-order chi connectivity index (χ1) is 13.6. The van der Waals surface area contributed by atoms with Crippen molar-refractivity contribution in [3.63, 3.8) is 0 Å². The Morgan fingerprint density at radius 3 is 2.82 bits per heavy atom. The number of amides is 1. The van der Waals surface area contributed by atoms with Crippen LogP contribution >= 0.6 is 0 Å². The lowest BCUT2D eigenvalue weighted by atomic mass is 10.0. The summed E-state index contributed by atoms with van der Waals surface area (Å²) in [6, 6.07) is 7.93. The number of methoxy groups -OCH3 is 1. The van der Waals surface area contributed by atoms with Crippen LogP contribution in [-0.4, -0.2) is 59.4 Å². The smallest absolute Gasteiger partial charge is 0.274 e. The highest BCUT2D eigenvalue weighted by atomic mass is 16.5. The van der Waals surface area contributed by atoms with Crippen LogP contribution < -0.4 is 5.32 Å². The van der Waals surface area contributed by atoms with Gasteiger partial charge in [-0.15, -0.1) is 0 Å². The highest BCUT2D eigenvalue weighted by molar-refractivity contribution is 6.04. The van der Waals surface area contributed by atoms with Crippen LogP contribution in [0.1, 0.15) is 50.0 Å². The van der Waals surface area contributed by atoms with Crippen LogP contribution in [0.15, 0.2) is 24.3 Å². The highest BCUT2D eigenvalue weighted by Gasteiger charge is 2.33. The second kappa shape index (κ2) is 9.43. The normalized spacial score (nSPS) is 17.4. The van der Waals surface area contributed by atoms with Crippen molar-refractivity contribution in [3.05, 3.63) is 30.0 Å². The zero-order valence-corrected chi connectivity index (χ0v) is 17.3. The van der Waals surface area contributed by atoms with Gasteiger partial charge in [0.25, 0.3) is 5.91 Å². The third kappa shape index (κ3) is 4.18. The number of benzene rings is 1. The van der Waals surface area contributed by atoms with Gasteiger partial charge >= 0.3 is 0 Å². The number of fused-ring (bicyclic) bond motifs is 1. The largest absolute Gasteiger partial charge is 0.505 e. The number of aromatic hydroxyl groups is 1. The van der Waals surface area contributed by atoms with Crippen molar-refractivity contribution in [1.82, 2.24) is 14.8 Å². The average molecular weight is 388 g/mol. The Hall–Kier alpha value is -2.05. The standard InChI is InChI=1S/C22H33N3O3/c1-16(2)25(17-9-8-12-23-15-17)22(27)20-21(26)18-10-4-5-11-19(18)24(20)13-6-7-14-28-3/h4-5,10-11,16-17,23,26H,6-9,12-15H2,1-3H3/t17-/m1/s1. The molecular weight excluding hydrogens is 354 g/mol. The lowest BCUT2D eigenvalue weighted by Crippen LogP contribution is -2.52. The number of aromatic nitrogens is 1. The van der Waals surface area contributed by atoms with Gasteiger partial charge in [0.15, 0.2) is 11.4 Å². The summed E-state index contributed by atoms with van der Waals surface area (Å²) in [5.41, 5.74) is 1.32. The maximum atomic E-state index is 13.7. The average Bonchev–Trinajstić information content (AvgIpc) is 2.98. The number of para-hydroxylation sites is 1. The van der Waals surface area contributed by atoms with E-state index in [0.29, 0.717) is 18.8 Å². The Labute approximate surface area is 167 Å². The minimum absolute atomic E-state index is 0.0664. The minimum atomic E-state index is -0.0795. The number of unbranched alkanes of at least 4 members (excludes halogenated alkanes) is 1. The molecule has 2 heterocycles. The van der Waals surface area contributed by atoms with Crippen molar-refractivity contribution in [2.45, 2.75) is 58.2 Å². The number of nitrogens with zero attached hydrogens (tertiary/aromatic N) is 2. The maximum Gasteiger partial charge on any atom is 0.274 e. The molecular formula is C22H33N3O3. The molecule has 2 N–H and O–H groups in total. The fourth-order valence-corrected chi connectivity index (χ4v) is 4.27. The summed E-state index contributed by atoms with van der Waals surface area (Å²) in [5, 5.41) is 15.1. The monoisotopic (exact) mass is 387 g/mol. The lowest BCUT2D eigenvalue weighted by Gasteiger charge is -2.37. The number of hydrogen-bond donors (Lipinski definition) is 2. The van der Waals surface area contributed by atoms with Gasteiger partial charge in [-0.1, -0.05) is 12.1 Å². The number of nitrogens with one attached hydrogen (secondary N) is 1. The van der Waals surface area contributed by atoms with E-state index in [1.54, 1.807) is 7.11 Å². The van der Waals surface area contributed by atoms with Gasteiger partial charge in [0.2, 0.25) is 0 Å². The van der Waals surface area contributed by atoms with Crippen LogP contribution in [-0.2, 0) is 11.3 Å². The summed E-state index contributed by atoms with van der Waals surface area (Å²) in [6.45, 7) is 7.28. The number of aryl methyl sites for hydroxylation is 1. The van der Waals surface area contributed by atoms with E-state index in [4.69, 9.17) is 4.74 Å². The van der Waals surface area contributed by atoms with Gasteiger partial charge in [-0.05, 0) is 58.2 Å². The Bertz CT molecular complexity index is 794. The highest BCUT2D eigenvalue weighted by Crippen LogP contribution is 2.34. The molecule has 1 aromatic heterocycles. The Kier molecular flexibility index (Phi) is 6.97. The first-order valence-electron chi connectivity index (χ1n) is 10.4. The minimum Gasteiger partial charge on any atom is -0.505 e. The molecule has 6 nitrogen and oxygen atoms in total. The quantitative estimate of drug-likeness (QED) is 0.682. The molecule has 0 saturated carbocycles. The van der Waals surface area contributed by atoms with E-state index in [-0.39, 0.29) is 23.7 Å². The third-order valence-corrected chi connectivity index (χ3v) is 5.58. The molecule has 1 saturated heterocycles. The van der Waals surface area contributed by atoms with Gasteiger partial charge in [0, 0.05) is 44.3 Å². The number of piperidine rings is 1. The van der Waals surface area contributed by atoms with Gasteiger partial charge in [0.1, 0.15) is 0 Å². The molecule has 28 heavy (non-hydrogen) atoms. The second-order valence-corrected chi connectivity index (χ2v) is 7.87. The van der Waals surface area contributed by atoms with E-state index in [1.807, 2.05) is 33.7 Å². The topological polar surface area (TPSA) is 66.7 Å². The van der Waals surface area contributed by atoms with Crippen molar-refractivity contribution in [3.8, 4) is 5.75 Å². The molecule has 0 unspecified atom stereocenters. The molecule has 154 valence electrons. The molecule has 0 bridgehead atoms. The van der Waals surface area contributed by atoms with Gasteiger partial charge < -0.3 is 24.6 Å². The molecule has 1 aliphatic rings. The molecule has 1 aromatic carbocycles. The molecule has 1 fully saturated rings. The van der Waals surface area contributed by atoms with Crippen molar-refractivity contribution in [2.75, 3.05) is 26.8 Å². The van der Waals surface area contributed by atoms with Crippen molar-refractivity contribution in [1.29, 1.82) is 0 Å². The van der Waals surface area contributed by atoms with Crippen LogP contribution in [0.25, 0.3) is 10.9 Å². The van der Waals surface area contributed by atoms with E-state index in [2.05, 4.69) is 19.2 Å². The maximum absolute atomic E-state index is 13.7.